The van der Waals surface area contributed by atoms with Gasteiger partial charge in [0.25, 0.3) is 0 Å². The van der Waals surface area contributed by atoms with Gasteiger partial charge in [-0.15, -0.1) is 0 Å². The predicted molar refractivity (Wildman–Crippen MR) is 74.6 cm³/mol. The zero-order valence-corrected chi connectivity index (χ0v) is 12.4. The lowest BCUT2D eigenvalue weighted by Gasteiger charge is -2.32. The number of methoxy groups -OCH3 is 1. The zero-order chi connectivity index (χ0) is 13.8. The van der Waals surface area contributed by atoms with Crippen molar-refractivity contribution in [2.24, 2.45) is 0 Å². The Kier molecular flexibility index (Phi) is 10.3. The Labute approximate surface area is 116 Å². The minimum atomic E-state index is 0.155. The van der Waals surface area contributed by atoms with E-state index in [1.807, 2.05) is 0 Å². The first-order valence-corrected chi connectivity index (χ1v) is 7.38. The third-order valence-corrected chi connectivity index (χ3v) is 3.16. The van der Waals surface area contributed by atoms with Gasteiger partial charge >= 0.3 is 0 Å². The molecule has 1 saturated heterocycles. The molecule has 1 aliphatic rings. The van der Waals surface area contributed by atoms with Crippen LogP contribution in [0.15, 0.2) is 0 Å². The van der Waals surface area contributed by atoms with Gasteiger partial charge in [0.1, 0.15) is 0 Å². The van der Waals surface area contributed by atoms with E-state index in [1.54, 1.807) is 7.11 Å². The summed E-state index contributed by atoms with van der Waals surface area (Å²) in [4.78, 5) is 0. The summed E-state index contributed by atoms with van der Waals surface area (Å²) in [5.41, 5.74) is 0. The summed E-state index contributed by atoms with van der Waals surface area (Å²) >= 11 is 0. The SMILES string of the molecule is CCCNC1CCOCC1OCCOCCCOC. The highest BCUT2D eigenvalue weighted by molar-refractivity contribution is 4.80. The van der Waals surface area contributed by atoms with Crippen LogP contribution in [0.2, 0.25) is 0 Å². The summed E-state index contributed by atoms with van der Waals surface area (Å²) in [6.45, 7) is 7.48. The van der Waals surface area contributed by atoms with Gasteiger partial charge in [0.05, 0.1) is 25.9 Å². The molecule has 114 valence electrons. The van der Waals surface area contributed by atoms with Crippen molar-refractivity contribution in [1.29, 1.82) is 0 Å². The van der Waals surface area contributed by atoms with Crippen molar-refractivity contribution in [3.63, 3.8) is 0 Å². The number of rotatable bonds is 11. The van der Waals surface area contributed by atoms with Crippen LogP contribution in [0.5, 0.6) is 0 Å². The Morgan fingerprint density at radius 1 is 1.21 bits per heavy atom. The minimum absolute atomic E-state index is 0.155. The molecule has 0 radical (unpaired) electrons. The smallest absolute Gasteiger partial charge is 0.0962 e. The van der Waals surface area contributed by atoms with Crippen molar-refractivity contribution >= 4 is 0 Å². The Hall–Kier alpha value is -0.200. The van der Waals surface area contributed by atoms with Crippen molar-refractivity contribution in [2.75, 3.05) is 53.3 Å². The summed E-state index contributed by atoms with van der Waals surface area (Å²) in [5.74, 6) is 0. The van der Waals surface area contributed by atoms with Gasteiger partial charge in [-0.1, -0.05) is 6.92 Å². The molecule has 0 aromatic rings. The van der Waals surface area contributed by atoms with Gasteiger partial charge in [-0.05, 0) is 25.8 Å². The fourth-order valence-corrected chi connectivity index (χ4v) is 2.11. The highest BCUT2D eigenvalue weighted by Gasteiger charge is 2.25. The average Bonchev–Trinajstić information content (AvgIpc) is 2.45. The number of ether oxygens (including phenoxy) is 4. The van der Waals surface area contributed by atoms with E-state index < -0.39 is 0 Å². The number of hydrogen-bond donors (Lipinski definition) is 1. The average molecular weight is 275 g/mol. The number of hydrogen-bond acceptors (Lipinski definition) is 5. The highest BCUT2D eigenvalue weighted by Crippen LogP contribution is 2.11. The second-order valence-corrected chi connectivity index (χ2v) is 4.79. The van der Waals surface area contributed by atoms with Gasteiger partial charge in [-0.25, -0.2) is 0 Å². The molecular formula is C14H29NO4. The fraction of sp³-hybridized carbons (Fsp3) is 1.00. The van der Waals surface area contributed by atoms with Crippen molar-refractivity contribution in [3.05, 3.63) is 0 Å². The van der Waals surface area contributed by atoms with Crippen LogP contribution in [0.3, 0.4) is 0 Å². The van der Waals surface area contributed by atoms with Crippen LogP contribution in [-0.2, 0) is 18.9 Å². The van der Waals surface area contributed by atoms with Crippen molar-refractivity contribution < 1.29 is 18.9 Å². The molecular weight excluding hydrogens is 246 g/mol. The highest BCUT2D eigenvalue weighted by atomic mass is 16.6. The molecule has 1 fully saturated rings. The third kappa shape index (κ3) is 7.84. The number of nitrogens with one attached hydrogen (secondary N) is 1. The molecule has 0 aromatic carbocycles. The molecule has 0 aromatic heterocycles. The summed E-state index contributed by atoms with van der Waals surface area (Å²) in [6, 6.07) is 0.419. The van der Waals surface area contributed by atoms with Gasteiger partial charge in [0.15, 0.2) is 0 Å². The second kappa shape index (κ2) is 11.6. The molecule has 19 heavy (non-hydrogen) atoms. The lowest BCUT2D eigenvalue weighted by Crippen LogP contribution is -2.48. The summed E-state index contributed by atoms with van der Waals surface area (Å²) < 4.78 is 21.8. The van der Waals surface area contributed by atoms with Gasteiger partial charge in [0.2, 0.25) is 0 Å². The van der Waals surface area contributed by atoms with E-state index in [0.29, 0.717) is 25.9 Å². The van der Waals surface area contributed by atoms with E-state index in [1.165, 1.54) is 0 Å². The molecule has 5 heteroatoms. The van der Waals surface area contributed by atoms with Gasteiger partial charge in [-0.2, -0.15) is 0 Å². The van der Waals surface area contributed by atoms with Gasteiger partial charge in [-0.3, -0.25) is 0 Å². The van der Waals surface area contributed by atoms with Crippen LogP contribution >= 0.6 is 0 Å². The van der Waals surface area contributed by atoms with E-state index in [9.17, 15) is 0 Å². The monoisotopic (exact) mass is 275 g/mol. The summed E-state index contributed by atoms with van der Waals surface area (Å²) in [7, 11) is 1.70. The molecule has 2 unspecified atom stereocenters. The predicted octanol–water partition coefficient (Wildman–Crippen LogP) is 1.21. The largest absolute Gasteiger partial charge is 0.385 e. The molecule has 2 atom stereocenters. The molecule has 0 saturated carbocycles. The van der Waals surface area contributed by atoms with Crippen LogP contribution in [0.4, 0.5) is 0 Å². The first kappa shape index (κ1) is 16.9. The van der Waals surface area contributed by atoms with Crippen LogP contribution in [0.25, 0.3) is 0 Å². The standard InChI is InChI=1S/C14H29NO4/c1-3-6-15-13-5-9-18-12-14(13)19-11-10-17-8-4-7-16-2/h13-15H,3-12H2,1-2H3. The molecule has 0 aliphatic carbocycles. The van der Waals surface area contributed by atoms with Crippen molar-refractivity contribution in [2.45, 2.75) is 38.3 Å². The summed E-state index contributed by atoms with van der Waals surface area (Å²) in [6.07, 6.45) is 3.26. The Balaban J connectivity index is 2.04. The molecule has 1 aliphatic heterocycles. The van der Waals surface area contributed by atoms with E-state index in [-0.39, 0.29) is 6.10 Å². The molecule has 1 N–H and O–H groups in total. The normalized spacial score (nSPS) is 23.7. The Bertz CT molecular complexity index is 204. The zero-order valence-electron chi connectivity index (χ0n) is 12.4. The van der Waals surface area contributed by atoms with E-state index in [4.69, 9.17) is 18.9 Å². The van der Waals surface area contributed by atoms with Crippen LogP contribution in [-0.4, -0.2) is 65.4 Å². The fourth-order valence-electron chi connectivity index (χ4n) is 2.11. The van der Waals surface area contributed by atoms with Crippen molar-refractivity contribution in [1.82, 2.24) is 5.32 Å². The van der Waals surface area contributed by atoms with Gasteiger partial charge < -0.3 is 24.3 Å². The van der Waals surface area contributed by atoms with Crippen molar-refractivity contribution in [3.8, 4) is 0 Å². The van der Waals surface area contributed by atoms with Gasteiger partial charge in [0, 0.05) is 33.0 Å². The first-order chi connectivity index (χ1) is 9.38. The lowest BCUT2D eigenvalue weighted by atomic mass is 10.1. The molecule has 0 spiro atoms. The van der Waals surface area contributed by atoms with E-state index in [2.05, 4.69) is 12.2 Å². The maximum absolute atomic E-state index is 5.86. The molecule has 1 rings (SSSR count). The van der Waals surface area contributed by atoms with Crippen LogP contribution in [0, 0.1) is 0 Å². The molecule has 5 nitrogen and oxygen atoms in total. The maximum Gasteiger partial charge on any atom is 0.0962 e. The molecule has 0 bridgehead atoms. The van der Waals surface area contributed by atoms with Crippen LogP contribution in [0.1, 0.15) is 26.2 Å². The maximum atomic E-state index is 5.86. The van der Waals surface area contributed by atoms with Crippen LogP contribution < -0.4 is 5.32 Å². The molecule has 1 heterocycles. The Morgan fingerprint density at radius 3 is 2.89 bits per heavy atom. The lowest BCUT2D eigenvalue weighted by molar-refractivity contribution is -0.0815. The Morgan fingerprint density at radius 2 is 2.11 bits per heavy atom. The minimum Gasteiger partial charge on any atom is -0.385 e. The van der Waals surface area contributed by atoms with E-state index in [0.717, 1.165) is 45.6 Å². The second-order valence-electron chi connectivity index (χ2n) is 4.79. The van der Waals surface area contributed by atoms with E-state index >= 15 is 0 Å². The topological polar surface area (TPSA) is 49.0 Å². The molecule has 0 amide bonds. The quantitative estimate of drug-likeness (QED) is 0.574. The summed E-state index contributed by atoms with van der Waals surface area (Å²) in [5, 5.41) is 3.53. The first-order valence-electron chi connectivity index (χ1n) is 7.38. The third-order valence-electron chi connectivity index (χ3n) is 3.16.